The summed E-state index contributed by atoms with van der Waals surface area (Å²) in [7, 11) is 0. The van der Waals surface area contributed by atoms with Crippen LogP contribution in [-0.4, -0.2) is 29.5 Å². The van der Waals surface area contributed by atoms with Crippen molar-refractivity contribution in [1.29, 1.82) is 0 Å². The van der Waals surface area contributed by atoms with Gasteiger partial charge in [0.05, 0.1) is 11.5 Å². The van der Waals surface area contributed by atoms with Gasteiger partial charge in [0.15, 0.2) is 0 Å². The van der Waals surface area contributed by atoms with Crippen LogP contribution in [0.4, 0.5) is 18.9 Å². The topological polar surface area (TPSA) is 72.5 Å². The molecule has 0 bridgehead atoms. The Balaban J connectivity index is 2.02. The number of carbonyl (C=O) groups is 2. The molecule has 1 aliphatic rings. The predicted octanol–water partition coefficient (Wildman–Crippen LogP) is 2.18. The fourth-order valence-electron chi connectivity index (χ4n) is 2.71. The number of hydrogen-bond donors (Lipinski definition) is 1. The Morgan fingerprint density at radius 3 is 2.36 bits per heavy atom. The van der Waals surface area contributed by atoms with Crippen molar-refractivity contribution in [2.75, 3.05) is 11.9 Å². The highest BCUT2D eigenvalue weighted by molar-refractivity contribution is 6.01. The van der Waals surface area contributed by atoms with Crippen molar-refractivity contribution in [2.24, 2.45) is 0 Å². The second-order valence-corrected chi connectivity index (χ2v) is 5.55. The number of para-hydroxylation sites is 1. The molecule has 0 aromatic heterocycles. The summed E-state index contributed by atoms with van der Waals surface area (Å²) in [5, 5.41) is 13.7. The number of alkyl halides is 3. The van der Waals surface area contributed by atoms with Crippen LogP contribution in [0, 0.1) is 0 Å². The van der Waals surface area contributed by atoms with Gasteiger partial charge in [0.2, 0.25) is 0 Å². The Labute approximate surface area is 140 Å². The maximum atomic E-state index is 12.9. The number of amides is 1. The maximum Gasteiger partial charge on any atom is 0.406 e. The van der Waals surface area contributed by atoms with Crippen LogP contribution >= 0.6 is 0 Å². The molecule has 5 nitrogen and oxygen atoms in total. The summed E-state index contributed by atoms with van der Waals surface area (Å²) < 4.78 is 38.8. The second kappa shape index (κ2) is 6.12. The minimum Gasteiger partial charge on any atom is -0.545 e. The molecule has 0 radical (unpaired) electrons. The number of benzene rings is 2. The van der Waals surface area contributed by atoms with Crippen LogP contribution in [0.2, 0.25) is 0 Å². The molecule has 130 valence electrons. The molecule has 1 aliphatic heterocycles. The third kappa shape index (κ3) is 3.42. The summed E-state index contributed by atoms with van der Waals surface area (Å²) in [4.78, 5) is 24.0. The number of carboxylic acid groups (broad SMARTS) is 1. The summed E-state index contributed by atoms with van der Waals surface area (Å²) in [6.07, 6.45) is -5.65. The number of nitrogens with one attached hydrogen (secondary N) is 1. The zero-order valence-corrected chi connectivity index (χ0v) is 12.7. The van der Waals surface area contributed by atoms with Crippen molar-refractivity contribution in [2.45, 2.75) is 12.3 Å². The van der Waals surface area contributed by atoms with E-state index in [4.69, 9.17) is 0 Å². The molecule has 0 saturated carbocycles. The molecule has 0 spiro atoms. The van der Waals surface area contributed by atoms with E-state index in [0.717, 1.165) is 0 Å². The largest absolute Gasteiger partial charge is 0.545 e. The molecule has 1 atom stereocenters. The SMILES string of the molecule is O=C([O-])c1ccc([C@@H]2Nc3ccccc3C(=O)N2CC(F)(F)F)cc1. The van der Waals surface area contributed by atoms with E-state index in [-0.39, 0.29) is 11.1 Å². The lowest BCUT2D eigenvalue weighted by Gasteiger charge is -2.38. The van der Waals surface area contributed by atoms with E-state index in [2.05, 4.69) is 5.32 Å². The summed E-state index contributed by atoms with van der Waals surface area (Å²) in [6, 6.07) is 11.4. The number of carboxylic acids is 1. The average molecular weight is 349 g/mol. The van der Waals surface area contributed by atoms with E-state index >= 15 is 0 Å². The number of fused-ring (bicyclic) bond motifs is 1. The Bertz CT molecular complexity index is 819. The molecular weight excluding hydrogens is 337 g/mol. The zero-order chi connectivity index (χ0) is 18.2. The van der Waals surface area contributed by atoms with E-state index in [1.165, 1.54) is 30.3 Å². The minimum absolute atomic E-state index is 0.103. The molecule has 3 rings (SSSR count). The number of rotatable bonds is 3. The molecule has 0 saturated heterocycles. The van der Waals surface area contributed by atoms with Crippen molar-refractivity contribution in [1.82, 2.24) is 4.90 Å². The lowest BCUT2D eigenvalue weighted by molar-refractivity contribution is -0.255. The molecule has 1 heterocycles. The minimum atomic E-state index is -4.58. The molecule has 1 N–H and O–H groups in total. The van der Waals surface area contributed by atoms with Gasteiger partial charge in [-0.05, 0) is 23.3 Å². The summed E-state index contributed by atoms with van der Waals surface area (Å²) in [5.41, 5.74) is 0.792. The van der Waals surface area contributed by atoms with Crippen LogP contribution in [0.5, 0.6) is 0 Å². The van der Waals surface area contributed by atoms with Crippen molar-refractivity contribution in [3.05, 3.63) is 65.2 Å². The van der Waals surface area contributed by atoms with Gasteiger partial charge in [-0.25, -0.2) is 0 Å². The van der Waals surface area contributed by atoms with E-state index in [9.17, 15) is 27.9 Å². The van der Waals surface area contributed by atoms with Gasteiger partial charge in [0, 0.05) is 5.69 Å². The number of nitrogens with zero attached hydrogens (tertiary/aromatic N) is 1. The third-order valence-electron chi connectivity index (χ3n) is 3.83. The predicted molar refractivity (Wildman–Crippen MR) is 80.7 cm³/mol. The van der Waals surface area contributed by atoms with Gasteiger partial charge in [-0.3, -0.25) is 4.79 Å². The quantitative estimate of drug-likeness (QED) is 0.922. The van der Waals surface area contributed by atoms with Crippen LogP contribution < -0.4 is 10.4 Å². The number of carbonyl (C=O) groups excluding carboxylic acids is 2. The summed E-state index contributed by atoms with van der Waals surface area (Å²) in [5.74, 6) is -2.14. The highest BCUT2D eigenvalue weighted by atomic mass is 19.4. The second-order valence-electron chi connectivity index (χ2n) is 5.55. The number of hydrogen-bond acceptors (Lipinski definition) is 4. The molecule has 25 heavy (non-hydrogen) atoms. The van der Waals surface area contributed by atoms with E-state index < -0.39 is 30.8 Å². The van der Waals surface area contributed by atoms with Crippen LogP contribution in [0.25, 0.3) is 0 Å². The third-order valence-corrected chi connectivity index (χ3v) is 3.83. The Morgan fingerprint density at radius 2 is 1.76 bits per heavy atom. The Hall–Kier alpha value is -3.03. The molecule has 2 aromatic rings. The number of aromatic carboxylic acids is 1. The smallest absolute Gasteiger partial charge is 0.406 e. The van der Waals surface area contributed by atoms with E-state index in [1.54, 1.807) is 18.2 Å². The average Bonchev–Trinajstić information content (AvgIpc) is 2.56. The zero-order valence-electron chi connectivity index (χ0n) is 12.7. The maximum absolute atomic E-state index is 12.9. The Morgan fingerprint density at radius 1 is 1.12 bits per heavy atom. The number of anilines is 1. The molecule has 2 aromatic carbocycles. The first kappa shape index (κ1) is 16.8. The van der Waals surface area contributed by atoms with Gasteiger partial charge < -0.3 is 20.1 Å². The first-order chi connectivity index (χ1) is 11.8. The van der Waals surface area contributed by atoms with Crippen molar-refractivity contribution >= 4 is 17.6 Å². The summed E-state index contributed by atoms with van der Waals surface area (Å²) >= 11 is 0. The van der Waals surface area contributed by atoms with E-state index in [1.807, 2.05) is 0 Å². The Kier molecular flexibility index (Phi) is 4.12. The first-order valence-corrected chi connectivity index (χ1v) is 7.31. The van der Waals surface area contributed by atoms with Gasteiger partial charge in [-0.2, -0.15) is 13.2 Å². The fourth-order valence-corrected chi connectivity index (χ4v) is 2.71. The van der Waals surface area contributed by atoms with Crippen LogP contribution in [0.1, 0.15) is 32.4 Å². The van der Waals surface area contributed by atoms with Crippen molar-refractivity contribution in [3.63, 3.8) is 0 Å². The van der Waals surface area contributed by atoms with E-state index in [0.29, 0.717) is 16.2 Å². The van der Waals surface area contributed by atoms with Gasteiger partial charge in [0.25, 0.3) is 5.91 Å². The van der Waals surface area contributed by atoms with Gasteiger partial charge in [-0.15, -0.1) is 0 Å². The highest BCUT2D eigenvalue weighted by Gasteiger charge is 2.40. The summed E-state index contributed by atoms with van der Waals surface area (Å²) in [6.45, 7) is -1.43. The monoisotopic (exact) mass is 349 g/mol. The van der Waals surface area contributed by atoms with Crippen molar-refractivity contribution in [3.8, 4) is 0 Å². The lowest BCUT2D eigenvalue weighted by Crippen LogP contribution is -2.47. The molecule has 0 aliphatic carbocycles. The van der Waals surface area contributed by atoms with Gasteiger partial charge in [-0.1, -0.05) is 36.4 Å². The van der Waals surface area contributed by atoms with Crippen molar-refractivity contribution < 1.29 is 27.9 Å². The molecule has 0 unspecified atom stereocenters. The number of halogens is 3. The standard InChI is InChI=1S/C17H13F3N2O3/c18-17(19,20)9-22-14(10-5-7-11(8-6-10)16(24)25)21-13-4-2-1-3-12(13)15(22)23/h1-8,14,21H,9H2,(H,24,25)/p-1/t14-/m1/s1. The fraction of sp³-hybridized carbons (Fsp3) is 0.176. The molecule has 8 heteroatoms. The van der Waals surface area contributed by atoms with Crippen LogP contribution in [-0.2, 0) is 0 Å². The normalized spacial score (nSPS) is 17.0. The molecule has 0 fully saturated rings. The lowest BCUT2D eigenvalue weighted by atomic mass is 10.0. The molecular formula is C17H12F3N2O3-. The molecule has 1 amide bonds. The first-order valence-electron chi connectivity index (χ1n) is 7.31. The van der Waals surface area contributed by atoms with Gasteiger partial charge in [0.1, 0.15) is 12.7 Å². The van der Waals surface area contributed by atoms with Crippen LogP contribution in [0.3, 0.4) is 0 Å². The van der Waals surface area contributed by atoms with Crippen LogP contribution in [0.15, 0.2) is 48.5 Å². The highest BCUT2D eigenvalue weighted by Crippen LogP contribution is 2.35. The van der Waals surface area contributed by atoms with Gasteiger partial charge >= 0.3 is 6.18 Å².